The molecular weight excluding hydrogens is 414 g/mol. The predicted molar refractivity (Wildman–Crippen MR) is 116 cm³/mol. The lowest BCUT2D eigenvalue weighted by molar-refractivity contribution is 0.172. The van der Waals surface area contributed by atoms with Crippen LogP contribution < -0.4 is 14.9 Å². The number of ether oxygens (including phenoxy) is 2. The Morgan fingerprint density at radius 3 is 2.78 bits per heavy atom. The molecule has 0 spiro atoms. The molecule has 2 aromatic rings. The quantitative estimate of drug-likeness (QED) is 0.192. The van der Waals surface area contributed by atoms with Gasteiger partial charge in [0, 0.05) is 31.1 Å². The third-order valence-electron chi connectivity index (χ3n) is 4.47. The van der Waals surface area contributed by atoms with Gasteiger partial charge in [0.2, 0.25) is 0 Å². The van der Waals surface area contributed by atoms with Crippen LogP contribution in [0.2, 0.25) is 0 Å². The molecule has 10 heteroatoms. The fourth-order valence-electron chi connectivity index (χ4n) is 2.89. The van der Waals surface area contributed by atoms with Gasteiger partial charge in [0.1, 0.15) is 29.3 Å². The summed E-state index contributed by atoms with van der Waals surface area (Å²) in [4.78, 5) is 31.9. The highest BCUT2D eigenvalue weighted by atomic mass is 16.6. The standard InChI is InChI=1S/C22H17N5O5/c1-27(2)22(29)32-19-8-3-13(9-18(19)25-26-23)12-30-15-5-7-17-21(11-15)31-20-10-14(28)4-6-16(20)24-17/h3-11H,12H2,1-2H3. The Labute approximate surface area is 181 Å². The number of nitrogens with zero attached hydrogens (tertiary/aromatic N) is 5. The second-order valence-corrected chi connectivity index (χ2v) is 7.02. The monoisotopic (exact) mass is 431 g/mol. The molecule has 0 fully saturated rings. The third-order valence-corrected chi connectivity index (χ3v) is 4.47. The van der Waals surface area contributed by atoms with Crippen LogP contribution in [-0.4, -0.2) is 30.1 Å². The first-order valence-corrected chi connectivity index (χ1v) is 9.47. The van der Waals surface area contributed by atoms with Crippen molar-refractivity contribution in [3.05, 3.63) is 80.8 Å². The Hall–Kier alpha value is -4.56. The molecule has 2 aromatic carbocycles. The van der Waals surface area contributed by atoms with Gasteiger partial charge in [0.05, 0.1) is 5.69 Å². The summed E-state index contributed by atoms with van der Waals surface area (Å²) in [7, 11) is 3.09. The average molecular weight is 431 g/mol. The maximum Gasteiger partial charge on any atom is 0.414 e. The van der Waals surface area contributed by atoms with Gasteiger partial charge in [-0.25, -0.2) is 9.78 Å². The highest BCUT2D eigenvalue weighted by Crippen LogP contribution is 2.31. The Bertz CT molecular complexity index is 1390. The van der Waals surface area contributed by atoms with E-state index in [0.717, 1.165) is 0 Å². The molecule has 160 valence electrons. The van der Waals surface area contributed by atoms with Crippen molar-refractivity contribution < 1.29 is 18.7 Å². The number of aromatic nitrogens is 1. The summed E-state index contributed by atoms with van der Waals surface area (Å²) < 4.78 is 16.8. The second-order valence-electron chi connectivity index (χ2n) is 7.02. The van der Waals surface area contributed by atoms with Crippen LogP contribution in [-0.2, 0) is 6.61 Å². The van der Waals surface area contributed by atoms with Gasteiger partial charge in [-0.05, 0) is 47.5 Å². The largest absolute Gasteiger partial charge is 0.489 e. The van der Waals surface area contributed by atoms with Crippen LogP contribution in [0, 0.1) is 0 Å². The van der Waals surface area contributed by atoms with Crippen molar-refractivity contribution in [2.45, 2.75) is 6.61 Å². The van der Waals surface area contributed by atoms with Crippen LogP contribution >= 0.6 is 0 Å². The highest BCUT2D eigenvalue weighted by molar-refractivity contribution is 5.77. The van der Waals surface area contributed by atoms with Crippen molar-refractivity contribution >= 4 is 22.9 Å². The smallest absolute Gasteiger partial charge is 0.414 e. The minimum atomic E-state index is -0.589. The topological polar surface area (TPSA) is 131 Å². The molecule has 0 atom stereocenters. The van der Waals surface area contributed by atoms with Crippen molar-refractivity contribution in [3.63, 3.8) is 0 Å². The molecule has 0 N–H and O–H groups in total. The number of fused-ring (bicyclic) bond motifs is 2. The van der Waals surface area contributed by atoms with Gasteiger partial charge in [0.15, 0.2) is 16.8 Å². The first-order valence-electron chi connectivity index (χ1n) is 9.47. The Morgan fingerprint density at radius 2 is 2.00 bits per heavy atom. The normalized spacial score (nSPS) is 10.6. The van der Waals surface area contributed by atoms with E-state index in [-0.39, 0.29) is 23.5 Å². The van der Waals surface area contributed by atoms with Crippen LogP contribution in [0.25, 0.3) is 33.0 Å². The van der Waals surface area contributed by atoms with Crippen LogP contribution in [0.5, 0.6) is 11.5 Å². The summed E-state index contributed by atoms with van der Waals surface area (Å²) in [5.41, 5.74) is 11.2. The maximum absolute atomic E-state index is 11.8. The highest BCUT2D eigenvalue weighted by Gasteiger charge is 2.12. The van der Waals surface area contributed by atoms with Gasteiger partial charge in [-0.1, -0.05) is 11.2 Å². The number of hydrogen-bond acceptors (Lipinski definition) is 7. The van der Waals surface area contributed by atoms with Crippen LogP contribution in [0.4, 0.5) is 10.5 Å². The zero-order valence-corrected chi connectivity index (χ0v) is 17.2. The molecule has 10 nitrogen and oxygen atoms in total. The number of rotatable bonds is 5. The summed E-state index contributed by atoms with van der Waals surface area (Å²) in [6.07, 6.45) is -0.589. The van der Waals surface area contributed by atoms with Gasteiger partial charge in [-0.15, -0.1) is 0 Å². The van der Waals surface area contributed by atoms with Gasteiger partial charge in [-0.3, -0.25) is 4.79 Å². The fraction of sp³-hybridized carbons (Fsp3) is 0.136. The number of carbonyl (C=O) groups is 1. The van der Waals surface area contributed by atoms with Gasteiger partial charge in [-0.2, -0.15) is 0 Å². The summed E-state index contributed by atoms with van der Waals surface area (Å²) >= 11 is 0. The molecule has 0 bridgehead atoms. The van der Waals surface area contributed by atoms with E-state index in [2.05, 4.69) is 15.0 Å². The number of amides is 1. The predicted octanol–water partition coefficient (Wildman–Crippen LogP) is 4.87. The van der Waals surface area contributed by atoms with Crippen LogP contribution in [0.3, 0.4) is 0 Å². The summed E-state index contributed by atoms with van der Waals surface area (Å²) in [6, 6.07) is 14.4. The number of hydrogen-bond donors (Lipinski definition) is 0. The molecular formula is C22H17N5O5. The second kappa shape index (κ2) is 8.66. The molecule has 1 amide bonds. The molecule has 0 aromatic heterocycles. The summed E-state index contributed by atoms with van der Waals surface area (Å²) in [5.74, 6) is 1.06. The first-order chi connectivity index (χ1) is 15.4. The Morgan fingerprint density at radius 1 is 1.16 bits per heavy atom. The van der Waals surface area contributed by atoms with Crippen molar-refractivity contribution in [1.82, 2.24) is 9.88 Å². The first kappa shape index (κ1) is 20.7. The minimum absolute atomic E-state index is 0.144. The fourth-order valence-corrected chi connectivity index (χ4v) is 2.89. The molecule has 32 heavy (non-hydrogen) atoms. The SMILES string of the molecule is CN(C)C(=O)Oc1ccc(COc2ccc3nc4ccc(=O)cc-4oc3c2)cc1N=[N+]=[N-]. The molecule has 0 saturated heterocycles. The van der Waals surface area contributed by atoms with E-state index in [1.807, 2.05) is 0 Å². The van der Waals surface area contributed by atoms with Crippen molar-refractivity contribution in [2.75, 3.05) is 14.1 Å². The van der Waals surface area contributed by atoms with Crippen LogP contribution in [0.1, 0.15) is 5.56 Å². The minimum Gasteiger partial charge on any atom is -0.489 e. The van der Waals surface area contributed by atoms with E-state index >= 15 is 0 Å². The maximum atomic E-state index is 11.8. The van der Waals surface area contributed by atoms with Crippen molar-refractivity contribution in [1.29, 1.82) is 0 Å². The third kappa shape index (κ3) is 4.45. The van der Waals surface area contributed by atoms with E-state index in [1.54, 1.807) is 50.5 Å². The Kier molecular flexibility index (Phi) is 5.61. The number of benzene rings is 3. The summed E-state index contributed by atoms with van der Waals surface area (Å²) in [5, 5.41) is 3.59. The van der Waals surface area contributed by atoms with Gasteiger partial charge >= 0.3 is 6.09 Å². The van der Waals surface area contributed by atoms with E-state index in [0.29, 0.717) is 33.9 Å². The lowest BCUT2D eigenvalue weighted by Crippen LogP contribution is -2.25. The number of azide groups is 1. The lowest BCUT2D eigenvalue weighted by Gasteiger charge is -2.13. The van der Waals surface area contributed by atoms with E-state index in [9.17, 15) is 9.59 Å². The molecule has 1 heterocycles. The molecule has 0 radical (unpaired) electrons. The molecule has 0 saturated carbocycles. The van der Waals surface area contributed by atoms with E-state index in [1.165, 1.54) is 23.1 Å². The molecule has 1 aliphatic heterocycles. The lowest BCUT2D eigenvalue weighted by atomic mass is 10.2. The zero-order valence-electron chi connectivity index (χ0n) is 17.2. The Balaban J connectivity index is 1.56. The van der Waals surface area contributed by atoms with Gasteiger partial charge < -0.3 is 18.8 Å². The molecule has 2 aliphatic rings. The number of carbonyl (C=O) groups excluding carboxylic acids is 1. The zero-order chi connectivity index (χ0) is 22.7. The molecule has 4 rings (SSSR count). The molecule has 1 aliphatic carbocycles. The van der Waals surface area contributed by atoms with E-state index < -0.39 is 6.09 Å². The average Bonchev–Trinajstić information content (AvgIpc) is 2.77. The van der Waals surface area contributed by atoms with Gasteiger partial charge in [0.25, 0.3) is 0 Å². The summed E-state index contributed by atoms with van der Waals surface area (Å²) in [6.45, 7) is 0.160. The van der Waals surface area contributed by atoms with Crippen LogP contribution in [0.15, 0.2) is 68.9 Å². The van der Waals surface area contributed by atoms with Crippen molar-refractivity contribution in [3.8, 4) is 23.0 Å². The van der Waals surface area contributed by atoms with Crippen molar-refractivity contribution in [2.24, 2.45) is 5.11 Å². The molecule has 0 unspecified atom stereocenters. The van der Waals surface area contributed by atoms with E-state index in [4.69, 9.17) is 19.4 Å².